The summed E-state index contributed by atoms with van der Waals surface area (Å²) in [6, 6.07) is 67.6. The van der Waals surface area contributed by atoms with Crippen molar-refractivity contribution in [2.24, 2.45) is 0 Å². The first-order valence-electron chi connectivity index (χ1n) is 20.6. The highest BCUT2D eigenvalue weighted by atomic mass is 16.2. The highest BCUT2D eigenvalue weighted by Gasteiger charge is 2.37. The van der Waals surface area contributed by atoms with Crippen molar-refractivity contribution in [1.29, 1.82) is 0 Å². The van der Waals surface area contributed by atoms with Crippen LogP contribution in [0.25, 0.3) is 22.3 Å². The van der Waals surface area contributed by atoms with Gasteiger partial charge in [-0.1, -0.05) is 125 Å². The van der Waals surface area contributed by atoms with Crippen LogP contribution in [-0.2, 0) is 10.8 Å². The number of hydrogen-bond donors (Lipinski definition) is 2. The maximum atomic E-state index is 13.4. The molecule has 8 aromatic rings. The van der Waals surface area contributed by atoms with E-state index in [1.807, 2.05) is 36.4 Å². The number of carbonyl (C=O) groups excluding carboxylic acids is 1. The Bertz CT molecular complexity index is 2680. The summed E-state index contributed by atoms with van der Waals surface area (Å²) in [6.07, 6.45) is 0. The van der Waals surface area contributed by atoms with Crippen LogP contribution in [0.5, 0.6) is 0 Å². The minimum Gasteiger partial charge on any atom is -0.310 e. The first-order chi connectivity index (χ1) is 29.2. The summed E-state index contributed by atoms with van der Waals surface area (Å²) in [5.41, 5.74) is 18.0. The molecule has 2 aliphatic rings. The molecular formula is C55H46N4O. The van der Waals surface area contributed by atoms with Crippen LogP contribution in [0.15, 0.2) is 194 Å². The Kier molecular flexibility index (Phi) is 8.91. The average molecular weight is 779 g/mol. The lowest BCUT2D eigenvalue weighted by atomic mass is 9.82. The fourth-order valence-electron chi connectivity index (χ4n) is 9.39. The molecule has 10 rings (SSSR count). The van der Waals surface area contributed by atoms with Crippen molar-refractivity contribution < 1.29 is 4.79 Å². The lowest BCUT2D eigenvalue weighted by Crippen LogP contribution is -2.19. The van der Waals surface area contributed by atoms with Gasteiger partial charge in [-0.05, 0) is 142 Å². The van der Waals surface area contributed by atoms with E-state index in [2.05, 4.69) is 206 Å². The van der Waals surface area contributed by atoms with Crippen molar-refractivity contribution in [3.63, 3.8) is 0 Å². The van der Waals surface area contributed by atoms with E-state index < -0.39 is 0 Å². The topological polar surface area (TPSA) is 47.6 Å². The number of rotatable bonds is 8. The Hall–Kier alpha value is -7.37. The summed E-state index contributed by atoms with van der Waals surface area (Å²) in [5, 5.41) is 6.08. The van der Waals surface area contributed by atoms with Gasteiger partial charge in [0.2, 0.25) is 0 Å². The molecule has 0 fully saturated rings. The molecule has 5 heteroatoms. The Morgan fingerprint density at radius 2 is 0.667 bits per heavy atom. The number of para-hydroxylation sites is 2. The van der Waals surface area contributed by atoms with Gasteiger partial charge >= 0.3 is 6.03 Å². The van der Waals surface area contributed by atoms with E-state index in [1.54, 1.807) is 0 Å². The summed E-state index contributed by atoms with van der Waals surface area (Å²) >= 11 is 0. The maximum Gasteiger partial charge on any atom is 0.323 e. The lowest BCUT2D eigenvalue weighted by molar-refractivity contribution is 0.262. The molecule has 8 aromatic carbocycles. The number of amides is 2. The Balaban J connectivity index is 0.876. The number of anilines is 8. The largest absolute Gasteiger partial charge is 0.323 e. The zero-order chi connectivity index (χ0) is 41.0. The molecule has 0 unspecified atom stereocenters. The molecule has 0 saturated heterocycles. The Labute approximate surface area is 352 Å². The van der Waals surface area contributed by atoms with Crippen LogP contribution in [-0.4, -0.2) is 6.03 Å². The van der Waals surface area contributed by atoms with Gasteiger partial charge in [0.25, 0.3) is 0 Å². The second-order valence-corrected chi connectivity index (χ2v) is 16.8. The van der Waals surface area contributed by atoms with Gasteiger partial charge in [-0.3, -0.25) is 0 Å². The quantitative estimate of drug-likeness (QED) is 0.161. The van der Waals surface area contributed by atoms with E-state index >= 15 is 0 Å². The molecule has 0 spiro atoms. The third-order valence-corrected chi connectivity index (χ3v) is 12.4. The predicted molar refractivity (Wildman–Crippen MR) is 250 cm³/mol. The summed E-state index contributed by atoms with van der Waals surface area (Å²) in [4.78, 5) is 17.9. The summed E-state index contributed by atoms with van der Waals surface area (Å²) in [5.74, 6) is 0. The molecule has 2 amide bonds. The van der Waals surface area contributed by atoms with Crippen molar-refractivity contribution >= 4 is 51.5 Å². The molecule has 0 aromatic heterocycles. The maximum absolute atomic E-state index is 13.4. The number of fused-ring (bicyclic) bond motifs is 6. The van der Waals surface area contributed by atoms with Crippen LogP contribution < -0.4 is 20.4 Å². The second-order valence-electron chi connectivity index (χ2n) is 16.8. The van der Waals surface area contributed by atoms with Gasteiger partial charge in [-0.25, -0.2) is 4.79 Å². The fourth-order valence-corrected chi connectivity index (χ4v) is 9.39. The number of benzene rings is 8. The molecule has 0 aliphatic heterocycles. The summed E-state index contributed by atoms with van der Waals surface area (Å²) in [7, 11) is 0. The van der Waals surface area contributed by atoms with Crippen LogP contribution in [0.2, 0.25) is 0 Å². The molecule has 0 radical (unpaired) electrons. The summed E-state index contributed by atoms with van der Waals surface area (Å²) < 4.78 is 0. The number of hydrogen-bond acceptors (Lipinski definition) is 3. The zero-order valence-electron chi connectivity index (χ0n) is 34.3. The number of urea groups is 1. The minimum absolute atomic E-state index is 0.111. The van der Waals surface area contributed by atoms with Crippen molar-refractivity contribution in [3.05, 3.63) is 216 Å². The molecule has 2 N–H and O–H groups in total. The highest BCUT2D eigenvalue weighted by molar-refractivity contribution is 6.00. The molecular weight excluding hydrogens is 733 g/mol. The average Bonchev–Trinajstić information content (AvgIpc) is 3.65. The first kappa shape index (κ1) is 36.9. The smallest absolute Gasteiger partial charge is 0.310 e. The molecule has 60 heavy (non-hydrogen) atoms. The van der Waals surface area contributed by atoms with Crippen molar-refractivity contribution in [2.45, 2.75) is 38.5 Å². The van der Waals surface area contributed by atoms with Crippen molar-refractivity contribution in [3.8, 4) is 22.3 Å². The van der Waals surface area contributed by atoms with Gasteiger partial charge in [0, 0.05) is 56.3 Å². The van der Waals surface area contributed by atoms with E-state index in [4.69, 9.17) is 0 Å². The zero-order valence-corrected chi connectivity index (χ0v) is 34.3. The number of nitrogens with zero attached hydrogens (tertiary/aromatic N) is 2. The fraction of sp³-hybridized carbons (Fsp3) is 0.109. The molecule has 0 heterocycles. The third kappa shape index (κ3) is 6.31. The van der Waals surface area contributed by atoms with E-state index in [-0.39, 0.29) is 16.9 Å². The monoisotopic (exact) mass is 778 g/mol. The highest BCUT2D eigenvalue weighted by Crippen LogP contribution is 2.52. The van der Waals surface area contributed by atoms with Gasteiger partial charge in [0.05, 0.1) is 0 Å². The van der Waals surface area contributed by atoms with Gasteiger partial charge in [0.1, 0.15) is 0 Å². The molecule has 0 saturated carbocycles. The molecule has 5 nitrogen and oxygen atoms in total. The van der Waals surface area contributed by atoms with E-state index in [1.165, 1.54) is 44.5 Å². The number of carbonyl (C=O) groups is 1. The number of nitrogens with one attached hydrogen (secondary N) is 2. The van der Waals surface area contributed by atoms with Crippen molar-refractivity contribution in [2.75, 3.05) is 20.4 Å². The van der Waals surface area contributed by atoms with Crippen LogP contribution in [0, 0.1) is 0 Å². The molecule has 0 bridgehead atoms. The second kappa shape index (κ2) is 14.5. The first-order valence-corrected chi connectivity index (χ1v) is 20.6. The Morgan fingerprint density at radius 3 is 1.07 bits per heavy atom. The van der Waals surface area contributed by atoms with Gasteiger partial charge in [-0.2, -0.15) is 0 Å². The normalized spacial score (nSPS) is 13.7. The SMILES string of the molecule is CC1(C)c2ccccc2-c2ccc(N(c3ccccc3)c3ccc(NC(=O)Nc4ccc(N(c5ccccc5)c5ccc6c(c5)C(C)(C)c5ccccc5-6)cc4)cc3)cc21. The van der Waals surface area contributed by atoms with Gasteiger partial charge < -0.3 is 20.4 Å². The van der Waals surface area contributed by atoms with E-state index in [0.29, 0.717) is 11.4 Å². The van der Waals surface area contributed by atoms with E-state index in [0.717, 1.165) is 34.1 Å². The van der Waals surface area contributed by atoms with Crippen LogP contribution in [0.3, 0.4) is 0 Å². The van der Waals surface area contributed by atoms with Crippen LogP contribution in [0.1, 0.15) is 49.9 Å². The van der Waals surface area contributed by atoms with Crippen LogP contribution >= 0.6 is 0 Å². The van der Waals surface area contributed by atoms with Gasteiger partial charge in [-0.15, -0.1) is 0 Å². The predicted octanol–water partition coefficient (Wildman–Crippen LogP) is 14.9. The molecule has 0 atom stereocenters. The summed E-state index contributed by atoms with van der Waals surface area (Å²) in [6.45, 7) is 9.23. The lowest BCUT2D eigenvalue weighted by Gasteiger charge is -2.28. The Morgan fingerprint density at radius 1 is 0.350 bits per heavy atom. The third-order valence-electron chi connectivity index (χ3n) is 12.4. The van der Waals surface area contributed by atoms with Crippen LogP contribution in [0.4, 0.5) is 50.3 Å². The van der Waals surface area contributed by atoms with Gasteiger partial charge in [0.15, 0.2) is 0 Å². The minimum atomic E-state index is -0.309. The molecule has 2 aliphatic carbocycles. The molecule has 292 valence electrons. The van der Waals surface area contributed by atoms with Crippen molar-refractivity contribution in [1.82, 2.24) is 0 Å². The van der Waals surface area contributed by atoms with E-state index in [9.17, 15) is 4.79 Å². The standard InChI is InChI=1S/C55H46N4O/c1-54(2)49-21-13-11-19-45(49)47-33-31-43(35-51(47)54)58(39-15-7-5-8-16-39)41-27-23-37(24-28-41)56-53(60)57-38-25-29-42(30-26-38)59(40-17-9-6-10-18-40)44-32-34-48-46-20-12-14-22-50(46)55(3,4)52(48)36-44/h5-36H,1-4H3,(H2,56,57,60).